The van der Waals surface area contributed by atoms with Crippen LogP contribution in [0.3, 0.4) is 0 Å². The Kier molecular flexibility index (Phi) is 5.02. The van der Waals surface area contributed by atoms with E-state index >= 15 is 0 Å². The molecule has 4 rings (SSSR count). The lowest BCUT2D eigenvalue weighted by molar-refractivity contribution is 0.378. The Morgan fingerprint density at radius 1 is 1.14 bits per heavy atom. The zero-order valence-corrected chi connectivity index (χ0v) is 16.3. The molecular formula is C22H23N5O. The Bertz CT molecular complexity index is 1090. The highest BCUT2D eigenvalue weighted by atomic mass is 16.5. The van der Waals surface area contributed by atoms with Crippen molar-refractivity contribution in [3.05, 3.63) is 65.8 Å². The Hall–Kier alpha value is -3.28. The minimum absolute atomic E-state index is 0.0323. The topological polar surface area (TPSA) is 76.7 Å². The second kappa shape index (κ2) is 7.76. The van der Waals surface area contributed by atoms with Crippen molar-refractivity contribution < 1.29 is 4.52 Å². The van der Waals surface area contributed by atoms with Crippen LogP contribution in [0, 0.1) is 6.92 Å². The van der Waals surface area contributed by atoms with Crippen LogP contribution in [-0.2, 0) is 6.42 Å². The largest absolute Gasteiger partial charge is 0.363 e. The molecule has 4 aromatic rings. The Labute approximate surface area is 164 Å². The van der Waals surface area contributed by atoms with Crippen LogP contribution in [0.5, 0.6) is 0 Å². The molecule has 0 fully saturated rings. The first-order valence-electron chi connectivity index (χ1n) is 9.55. The zero-order valence-electron chi connectivity index (χ0n) is 16.3. The number of anilines is 1. The van der Waals surface area contributed by atoms with Crippen LogP contribution in [0.15, 0.2) is 53.3 Å². The number of aromatic nitrogens is 4. The van der Waals surface area contributed by atoms with Crippen molar-refractivity contribution in [3.63, 3.8) is 0 Å². The first kappa shape index (κ1) is 18.1. The van der Waals surface area contributed by atoms with Gasteiger partial charge in [0, 0.05) is 24.2 Å². The van der Waals surface area contributed by atoms with E-state index in [1.807, 2.05) is 24.4 Å². The van der Waals surface area contributed by atoms with E-state index in [0.29, 0.717) is 11.7 Å². The smallest absolute Gasteiger partial charge is 0.226 e. The van der Waals surface area contributed by atoms with Crippen molar-refractivity contribution in [2.45, 2.75) is 39.7 Å². The monoisotopic (exact) mass is 373 g/mol. The number of rotatable bonds is 6. The first-order valence-corrected chi connectivity index (χ1v) is 9.55. The van der Waals surface area contributed by atoms with Gasteiger partial charge in [-0.05, 0) is 50.1 Å². The zero-order chi connectivity index (χ0) is 19.5. The summed E-state index contributed by atoms with van der Waals surface area (Å²) in [5, 5.41) is 8.75. The van der Waals surface area contributed by atoms with Crippen LogP contribution >= 0.6 is 0 Å². The van der Waals surface area contributed by atoms with Crippen molar-refractivity contribution in [1.82, 2.24) is 20.1 Å². The molecule has 28 heavy (non-hydrogen) atoms. The summed E-state index contributed by atoms with van der Waals surface area (Å²) in [6.45, 7) is 6.25. The number of aryl methyl sites for hydroxylation is 2. The lowest BCUT2D eigenvalue weighted by atomic mass is 10.1. The minimum atomic E-state index is 0.0323. The third-order valence-corrected chi connectivity index (χ3v) is 4.68. The molecule has 142 valence electrons. The molecule has 3 heterocycles. The maximum absolute atomic E-state index is 5.41. The normalized spacial score (nSPS) is 12.2. The quantitative estimate of drug-likeness (QED) is 0.506. The van der Waals surface area contributed by atoms with Gasteiger partial charge in [-0.2, -0.15) is 4.98 Å². The van der Waals surface area contributed by atoms with Gasteiger partial charge in [0.05, 0.1) is 17.1 Å². The summed E-state index contributed by atoms with van der Waals surface area (Å²) in [4.78, 5) is 13.6. The van der Waals surface area contributed by atoms with Crippen LogP contribution < -0.4 is 5.32 Å². The SMILES string of the molecule is CCCc1nc(-c2cc3cc(C)ccc3nc2NC(C)c2cccnc2)no1. The maximum Gasteiger partial charge on any atom is 0.226 e. The van der Waals surface area contributed by atoms with Crippen LogP contribution in [0.2, 0.25) is 0 Å². The molecule has 1 atom stereocenters. The molecule has 0 saturated heterocycles. The maximum atomic E-state index is 5.41. The van der Waals surface area contributed by atoms with Gasteiger partial charge in [0.2, 0.25) is 11.7 Å². The fourth-order valence-corrected chi connectivity index (χ4v) is 3.18. The minimum Gasteiger partial charge on any atom is -0.363 e. The second-order valence-corrected chi connectivity index (χ2v) is 6.99. The summed E-state index contributed by atoms with van der Waals surface area (Å²) >= 11 is 0. The van der Waals surface area contributed by atoms with E-state index in [9.17, 15) is 0 Å². The van der Waals surface area contributed by atoms with Crippen LogP contribution in [-0.4, -0.2) is 20.1 Å². The molecule has 0 aliphatic heterocycles. The van der Waals surface area contributed by atoms with E-state index in [1.165, 1.54) is 5.56 Å². The molecule has 1 unspecified atom stereocenters. The van der Waals surface area contributed by atoms with Gasteiger partial charge >= 0.3 is 0 Å². The third kappa shape index (κ3) is 3.71. The average molecular weight is 373 g/mol. The second-order valence-electron chi connectivity index (χ2n) is 6.99. The standard InChI is InChI=1S/C22H23N5O/c1-4-6-20-26-22(27-28-20)18-12-17-11-14(2)8-9-19(17)25-21(18)24-15(3)16-7-5-10-23-13-16/h5,7-13,15H,4,6H2,1-3H3,(H,24,25). The van der Waals surface area contributed by atoms with Gasteiger partial charge in [0.25, 0.3) is 0 Å². The van der Waals surface area contributed by atoms with Crippen LogP contribution in [0.25, 0.3) is 22.3 Å². The molecule has 3 aromatic heterocycles. The molecule has 0 bridgehead atoms. The summed E-state index contributed by atoms with van der Waals surface area (Å²) in [6.07, 6.45) is 5.35. The highest BCUT2D eigenvalue weighted by molar-refractivity contribution is 5.88. The predicted octanol–water partition coefficient (Wildman–Crippen LogP) is 5.11. The number of nitrogens with zero attached hydrogens (tertiary/aromatic N) is 4. The number of hydrogen-bond acceptors (Lipinski definition) is 6. The number of pyridine rings is 2. The van der Waals surface area contributed by atoms with Crippen molar-refractivity contribution in [2.75, 3.05) is 5.32 Å². The van der Waals surface area contributed by atoms with E-state index in [1.54, 1.807) is 6.20 Å². The van der Waals surface area contributed by atoms with E-state index in [0.717, 1.165) is 40.7 Å². The molecule has 6 nitrogen and oxygen atoms in total. The van der Waals surface area contributed by atoms with Gasteiger partial charge in [0.15, 0.2) is 0 Å². The molecular weight excluding hydrogens is 350 g/mol. The summed E-state index contributed by atoms with van der Waals surface area (Å²) < 4.78 is 5.41. The highest BCUT2D eigenvalue weighted by Crippen LogP contribution is 2.31. The van der Waals surface area contributed by atoms with Crippen molar-refractivity contribution in [1.29, 1.82) is 0 Å². The van der Waals surface area contributed by atoms with Crippen LogP contribution in [0.4, 0.5) is 5.82 Å². The van der Waals surface area contributed by atoms with Crippen LogP contribution in [0.1, 0.15) is 43.3 Å². The van der Waals surface area contributed by atoms with E-state index in [4.69, 9.17) is 9.51 Å². The summed E-state index contributed by atoms with van der Waals surface area (Å²) in [5.74, 6) is 1.94. The van der Waals surface area contributed by atoms with Gasteiger partial charge in [-0.3, -0.25) is 4.98 Å². The van der Waals surface area contributed by atoms with Gasteiger partial charge in [0.1, 0.15) is 5.82 Å². The number of benzene rings is 1. The lowest BCUT2D eigenvalue weighted by Crippen LogP contribution is -2.09. The van der Waals surface area contributed by atoms with E-state index in [2.05, 4.69) is 59.4 Å². The predicted molar refractivity (Wildman–Crippen MR) is 110 cm³/mol. The molecule has 0 radical (unpaired) electrons. The molecule has 0 saturated carbocycles. The third-order valence-electron chi connectivity index (χ3n) is 4.68. The van der Waals surface area contributed by atoms with Crippen molar-refractivity contribution in [3.8, 4) is 11.4 Å². The Balaban J connectivity index is 1.79. The average Bonchev–Trinajstić information content (AvgIpc) is 3.17. The lowest BCUT2D eigenvalue weighted by Gasteiger charge is -2.17. The van der Waals surface area contributed by atoms with Crippen molar-refractivity contribution in [2.24, 2.45) is 0 Å². The molecule has 0 aliphatic rings. The van der Waals surface area contributed by atoms with Gasteiger partial charge < -0.3 is 9.84 Å². The van der Waals surface area contributed by atoms with Crippen molar-refractivity contribution >= 4 is 16.7 Å². The first-order chi connectivity index (χ1) is 13.6. The number of nitrogens with one attached hydrogen (secondary N) is 1. The fraction of sp³-hybridized carbons (Fsp3) is 0.273. The number of hydrogen-bond donors (Lipinski definition) is 1. The molecule has 1 N–H and O–H groups in total. The highest BCUT2D eigenvalue weighted by Gasteiger charge is 2.17. The Morgan fingerprint density at radius 2 is 2.04 bits per heavy atom. The van der Waals surface area contributed by atoms with Gasteiger partial charge in [-0.1, -0.05) is 29.8 Å². The van der Waals surface area contributed by atoms with Gasteiger partial charge in [-0.15, -0.1) is 0 Å². The number of fused-ring (bicyclic) bond motifs is 1. The summed E-state index contributed by atoms with van der Waals surface area (Å²) in [7, 11) is 0. The fourth-order valence-electron chi connectivity index (χ4n) is 3.18. The van der Waals surface area contributed by atoms with E-state index in [-0.39, 0.29) is 6.04 Å². The molecule has 1 aromatic carbocycles. The van der Waals surface area contributed by atoms with Gasteiger partial charge in [-0.25, -0.2) is 4.98 Å². The molecule has 0 aliphatic carbocycles. The summed E-state index contributed by atoms with van der Waals surface area (Å²) in [5.41, 5.74) is 4.02. The molecule has 6 heteroatoms. The van der Waals surface area contributed by atoms with E-state index < -0.39 is 0 Å². The summed E-state index contributed by atoms with van der Waals surface area (Å²) in [6, 6.07) is 12.3. The molecule has 0 amide bonds. The Morgan fingerprint density at radius 3 is 2.82 bits per heavy atom. The molecule has 0 spiro atoms.